The fourth-order valence-corrected chi connectivity index (χ4v) is 4.87. The van der Waals surface area contributed by atoms with E-state index in [-0.39, 0.29) is 5.91 Å². The first-order valence-electron chi connectivity index (χ1n) is 10.8. The molecule has 1 aromatic heterocycles. The predicted octanol–water partition coefficient (Wildman–Crippen LogP) is 2.46. The van der Waals surface area contributed by atoms with E-state index in [1.807, 2.05) is 6.07 Å². The van der Waals surface area contributed by atoms with Crippen molar-refractivity contribution in [2.24, 2.45) is 5.73 Å². The number of primary amides is 1. The molecule has 2 saturated heterocycles. The first-order chi connectivity index (χ1) is 14.6. The van der Waals surface area contributed by atoms with E-state index >= 15 is 0 Å². The highest BCUT2D eigenvalue weighted by Gasteiger charge is 2.44. The van der Waals surface area contributed by atoms with E-state index in [0.717, 1.165) is 75.4 Å². The molecule has 0 bridgehead atoms. The molecule has 30 heavy (non-hydrogen) atoms. The van der Waals surface area contributed by atoms with Gasteiger partial charge in [0.25, 0.3) is 0 Å². The SMILES string of the molecule is COc1ccc(CN2CCC(C(N)=O)(N3CCCCC3)CC2)cc1-c1cnccn1. The lowest BCUT2D eigenvalue weighted by Crippen LogP contribution is -2.63. The minimum atomic E-state index is -0.471. The van der Waals surface area contributed by atoms with Gasteiger partial charge in [-0.2, -0.15) is 0 Å². The van der Waals surface area contributed by atoms with Gasteiger partial charge in [0, 0.05) is 37.6 Å². The number of rotatable bonds is 6. The first-order valence-corrected chi connectivity index (χ1v) is 10.8. The molecule has 0 saturated carbocycles. The van der Waals surface area contributed by atoms with Crippen LogP contribution in [0.25, 0.3) is 11.3 Å². The number of carbonyl (C=O) groups excluding carboxylic acids is 1. The molecule has 7 heteroatoms. The van der Waals surface area contributed by atoms with Crippen molar-refractivity contribution in [3.05, 3.63) is 42.4 Å². The molecule has 0 atom stereocenters. The zero-order valence-electron chi connectivity index (χ0n) is 17.7. The second-order valence-corrected chi connectivity index (χ2v) is 8.34. The standard InChI is InChI=1S/C23H31N5O2/c1-30-21-6-5-18(15-19(21)20-16-25-9-10-26-20)17-27-13-7-23(8-14-27,22(24)29)28-11-3-2-4-12-28/h5-6,9-10,15-16H,2-4,7-8,11-14,17H2,1H3,(H2,24,29). The van der Waals surface area contributed by atoms with Crippen molar-refractivity contribution in [3.63, 3.8) is 0 Å². The Labute approximate surface area is 178 Å². The third kappa shape index (κ3) is 4.18. The molecule has 2 aliphatic rings. The van der Waals surface area contributed by atoms with Crippen molar-refractivity contribution in [3.8, 4) is 17.0 Å². The van der Waals surface area contributed by atoms with Crippen molar-refractivity contribution in [1.29, 1.82) is 0 Å². The quantitative estimate of drug-likeness (QED) is 0.789. The summed E-state index contributed by atoms with van der Waals surface area (Å²) in [7, 11) is 1.67. The van der Waals surface area contributed by atoms with Crippen LogP contribution in [0.5, 0.6) is 5.75 Å². The van der Waals surface area contributed by atoms with Gasteiger partial charge < -0.3 is 10.5 Å². The third-order valence-electron chi connectivity index (χ3n) is 6.61. The summed E-state index contributed by atoms with van der Waals surface area (Å²) in [5, 5.41) is 0. The first kappa shape index (κ1) is 20.8. The lowest BCUT2D eigenvalue weighted by molar-refractivity contribution is -0.135. The number of likely N-dealkylation sites (tertiary alicyclic amines) is 2. The number of nitrogens with zero attached hydrogens (tertiary/aromatic N) is 4. The van der Waals surface area contributed by atoms with Crippen LogP contribution in [0.15, 0.2) is 36.8 Å². The average molecular weight is 410 g/mol. The topological polar surface area (TPSA) is 84.6 Å². The minimum Gasteiger partial charge on any atom is -0.496 e. The van der Waals surface area contributed by atoms with Gasteiger partial charge >= 0.3 is 0 Å². The van der Waals surface area contributed by atoms with Crippen LogP contribution in [0.2, 0.25) is 0 Å². The van der Waals surface area contributed by atoms with E-state index in [0.29, 0.717) is 0 Å². The summed E-state index contributed by atoms with van der Waals surface area (Å²) in [5.41, 5.74) is 8.39. The van der Waals surface area contributed by atoms with Crippen LogP contribution in [0.4, 0.5) is 0 Å². The molecule has 0 aliphatic carbocycles. The predicted molar refractivity (Wildman–Crippen MR) is 116 cm³/mol. The van der Waals surface area contributed by atoms with Crippen LogP contribution in [0, 0.1) is 0 Å². The van der Waals surface area contributed by atoms with E-state index in [9.17, 15) is 4.79 Å². The van der Waals surface area contributed by atoms with Crippen LogP contribution < -0.4 is 10.5 Å². The van der Waals surface area contributed by atoms with Crippen LogP contribution in [0.3, 0.4) is 0 Å². The minimum absolute atomic E-state index is 0.154. The van der Waals surface area contributed by atoms with E-state index in [1.54, 1.807) is 25.7 Å². The molecule has 0 unspecified atom stereocenters. The van der Waals surface area contributed by atoms with Gasteiger partial charge in [-0.05, 0) is 56.5 Å². The maximum Gasteiger partial charge on any atom is 0.238 e. The molecular weight excluding hydrogens is 378 g/mol. The Kier molecular flexibility index (Phi) is 6.29. The Bertz CT molecular complexity index is 859. The van der Waals surface area contributed by atoms with Gasteiger partial charge in [-0.3, -0.25) is 24.6 Å². The van der Waals surface area contributed by atoms with Gasteiger partial charge in [-0.15, -0.1) is 0 Å². The zero-order valence-corrected chi connectivity index (χ0v) is 17.7. The summed E-state index contributed by atoms with van der Waals surface area (Å²) in [6.45, 7) is 4.54. The summed E-state index contributed by atoms with van der Waals surface area (Å²) in [6, 6.07) is 6.22. The van der Waals surface area contributed by atoms with E-state index in [4.69, 9.17) is 10.5 Å². The monoisotopic (exact) mass is 409 g/mol. The zero-order chi connectivity index (χ0) is 21.0. The summed E-state index contributed by atoms with van der Waals surface area (Å²) >= 11 is 0. The van der Waals surface area contributed by atoms with Crippen molar-refractivity contribution >= 4 is 5.91 Å². The molecule has 160 valence electrons. The molecule has 4 rings (SSSR count). The number of benzene rings is 1. The lowest BCUT2D eigenvalue weighted by atomic mass is 9.83. The number of hydrogen-bond acceptors (Lipinski definition) is 6. The molecule has 2 aromatic rings. The number of carbonyl (C=O) groups is 1. The summed E-state index contributed by atoms with van der Waals surface area (Å²) in [6.07, 6.45) is 10.3. The van der Waals surface area contributed by atoms with Gasteiger partial charge in [0.15, 0.2) is 0 Å². The normalized spacial score (nSPS) is 20.0. The van der Waals surface area contributed by atoms with Crippen molar-refractivity contribution in [2.75, 3.05) is 33.3 Å². The van der Waals surface area contributed by atoms with Gasteiger partial charge in [0.1, 0.15) is 11.3 Å². The summed E-state index contributed by atoms with van der Waals surface area (Å²) in [5.74, 6) is 0.633. The van der Waals surface area contributed by atoms with Crippen LogP contribution in [-0.4, -0.2) is 64.5 Å². The van der Waals surface area contributed by atoms with E-state index in [1.165, 1.54) is 12.0 Å². The van der Waals surface area contributed by atoms with Gasteiger partial charge in [-0.25, -0.2) is 0 Å². The Balaban J connectivity index is 1.47. The molecule has 0 radical (unpaired) electrons. The molecule has 7 nitrogen and oxygen atoms in total. The fourth-order valence-electron chi connectivity index (χ4n) is 4.87. The highest BCUT2D eigenvalue weighted by Crippen LogP contribution is 2.33. The van der Waals surface area contributed by atoms with Gasteiger partial charge in [-0.1, -0.05) is 12.5 Å². The maximum absolute atomic E-state index is 12.4. The number of ether oxygens (including phenoxy) is 1. The Morgan fingerprint density at radius 2 is 1.90 bits per heavy atom. The smallest absolute Gasteiger partial charge is 0.238 e. The van der Waals surface area contributed by atoms with Crippen LogP contribution in [0.1, 0.15) is 37.7 Å². The van der Waals surface area contributed by atoms with Gasteiger partial charge in [0.05, 0.1) is 19.0 Å². The highest BCUT2D eigenvalue weighted by atomic mass is 16.5. The summed E-state index contributed by atoms with van der Waals surface area (Å²) < 4.78 is 5.53. The Morgan fingerprint density at radius 1 is 1.13 bits per heavy atom. The number of hydrogen-bond donors (Lipinski definition) is 1. The fraction of sp³-hybridized carbons (Fsp3) is 0.522. The number of aromatic nitrogens is 2. The Morgan fingerprint density at radius 3 is 2.53 bits per heavy atom. The third-order valence-corrected chi connectivity index (χ3v) is 6.61. The average Bonchev–Trinajstić information content (AvgIpc) is 2.80. The molecule has 2 aliphatic heterocycles. The summed E-state index contributed by atoms with van der Waals surface area (Å²) in [4.78, 5) is 25.8. The highest BCUT2D eigenvalue weighted by molar-refractivity contribution is 5.85. The second kappa shape index (κ2) is 9.10. The lowest BCUT2D eigenvalue weighted by Gasteiger charge is -2.48. The van der Waals surface area contributed by atoms with Crippen molar-refractivity contribution in [2.45, 2.75) is 44.2 Å². The molecule has 2 N–H and O–H groups in total. The van der Waals surface area contributed by atoms with Crippen molar-refractivity contribution < 1.29 is 9.53 Å². The Hall–Kier alpha value is -2.51. The molecular formula is C23H31N5O2. The van der Waals surface area contributed by atoms with E-state index < -0.39 is 5.54 Å². The maximum atomic E-state index is 12.4. The van der Waals surface area contributed by atoms with E-state index in [2.05, 4.69) is 31.9 Å². The van der Waals surface area contributed by atoms with Crippen LogP contribution in [-0.2, 0) is 11.3 Å². The molecule has 1 aromatic carbocycles. The van der Waals surface area contributed by atoms with Crippen molar-refractivity contribution in [1.82, 2.24) is 19.8 Å². The molecule has 3 heterocycles. The number of methoxy groups -OCH3 is 1. The number of piperidine rings is 2. The second-order valence-electron chi connectivity index (χ2n) is 8.34. The number of amides is 1. The van der Waals surface area contributed by atoms with Crippen LogP contribution >= 0.6 is 0 Å². The number of nitrogens with two attached hydrogens (primary N) is 1. The van der Waals surface area contributed by atoms with Gasteiger partial charge in [0.2, 0.25) is 5.91 Å². The largest absolute Gasteiger partial charge is 0.496 e. The molecule has 2 fully saturated rings. The molecule has 0 spiro atoms. The molecule has 1 amide bonds.